The first-order valence-corrected chi connectivity index (χ1v) is 5.16. The van der Waals surface area contributed by atoms with Crippen molar-refractivity contribution in [2.45, 2.75) is 33.1 Å². The van der Waals surface area contributed by atoms with Gasteiger partial charge >= 0.3 is 0 Å². The van der Waals surface area contributed by atoms with Crippen LogP contribution >= 0.6 is 0 Å². The van der Waals surface area contributed by atoms with Gasteiger partial charge in [0.2, 0.25) is 0 Å². The molecule has 14 heavy (non-hydrogen) atoms. The van der Waals surface area contributed by atoms with E-state index in [-0.39, 0.29) is 0 Å². The Bertz CT molecular complexity index is 289. The molecule has 0 N–H and O–H groups in total. The van der Waals surface area contributed by atoms with Crippen LogP contribution in [0.1, 0.15) is 31.4 Å². The van der Waals surface area contributed by atoms with E-state index < -0.39 is 0 Å². The predicted octanol–water partition coefficient (Wildman–Crippen LogP) is 2.93. The van der Waals surface area contributed by atoms with E-state index in [0.717, 1.165) is 12.8 Å². The van der Waals surface area contributed by atoms with Gasteiger partial charge in [0.1, 0.15) is 0 Å². The Morgan fingerprint density at radius 1 is 1.21 bits per heavy atom. The summed E-state index contributed by atoms with van der Waals surface area (Å²) in [5.41, 5.74) is 2.67. The standard InChI is InChI=1S/C13H17O/c1-11(2)10-13-7-4-3-6-12(13)8-5-9-14/h3-4,6-7,11H,5,8,10H2,1-2H3. The fraction of sp³-hybridized carbons (Fsp3) is 0.462. The van der Waals surface area contributed by atoms with Gasteiger partial charge in [-0.2, -0.15) is 0 Å². The smallest absolute Gasteiger partial charge is 0.198 e. The number of hydrogen-bond acceptors (Lipinski definition) is 1. The zero-order valence-electron chi connectivity index (χ0n) is 8.92. The normalized spacial score (nSPS) is 10.5. The second kappa shape index (κ2) is 5.58. The lowest BCUT2D eigenvalue weighted by atomic mass is 9.96. The van der Waals surface area contributed by atoms with E-state index in [9.17, 15) is 4.79 Å². The molecule has 0 atom stereocenters. The van der Waals surface area contributed by atoms with E-state index in [2.05, 4.69) is 32.0 Å². The van der Waals surface area contributed by atoms with Gasteiger partial charge in [-0.1, -0.05) is 38.1 Å². The molecule has 0 fully saturated rings. The molecule has 1 radical (unpaired) electrons. The third-order valence-electron chi connectivity index (χ3n) is 2.24. The number of hydrogen-bond donors (Lipinski definition) is 0. The molecular formula is C13H17O. The molecule has 1 heteroatoms. The molecule has 0 aliphatic heterocycles. The first-order valence-electron chi connectivity index (χ1n) is 5.16. The Morgan fingerprint density at radius 3 is 2.43 bits per heavy atom. The minimum Gasteiger partial charge on any atom is -0.291 e. The van der Waals surface area contributed by atoms with Crippen molar-refractivity contribution >= 4 is 6.29 Å². The lowest BCUT2D eigenvalue weighted by Gasteiger charge is -2.10. The van der Waals surface area contributed by atoms with Gasteiger partial charge in [0, 0.05) is 6.42 Å². The summed E-state index contributed by atoms with van der Waals surface area (Å²) >= 11 is 0. The van der Waals surface area contributed by atoms with Crippen molar-refractivity contribution in [2.24, 2.45) is 5.92 Å². The van der Waals surface area contributed by atoms with Gasteiger partial charge in [-0.3, -0.25) is 4.79 Å². The fourth-order valence-electron chi connectivity index (χ4n) is 1.63. The zero-order valence-corrected chi connectivity index (χ0v) is 8.92. The molecule has 1 aromatic rings. The fourth-order valence-corrected chi connectivity index (χ4v) is 1.63. The Balaban J connectivity index is 2.74. The first kappa shape index (κ1) is 11.0. The van der Waals surface area contributed by atoms with Gasteiger partial charge in [0.05, 0.1) is 0 Å². The van der Waals surface area contributed by atoms with Gasteiger partial charge < -0.3 is 0 Å². The van der Waals surface area contributed by atoms with E-state index >= 15 is 0 Å². The average Bonchev–Trinajstić information content (AvgIpc) is 2.16. The summed E-state index contributed by atoms with van der Waals surface area (Å²) in [6, 6.07) is 8.35. The highest BCUT2D eigenvalue weighted by molar-refractivity contribution is 5.51. The third-order valence-corrected chi connectivity index (χ3v) is 2.24. The summed E-state index contributed by atoms with van der Waals surface area (Å²) in [7, 11) is 0. The predicted molar refractivity (Wildman–Crippen MR) is 59.0 cm³/mol. The molecular weight excluding hydrogens is 172 g/mol. The summed E-state index contributed by atoms with van der Waals surface area (Å²) in [5.74, 6) is 0.663. The SMILES string of the molecule is CC(C)Cc1ccccc1CC[C]=O. The number of carbonyl (C=O) groups excluding carboxylic acids is 1. The molecule has 0 heterocycles. The van der Waals surface area contributed by atoms with Crippen LogP contribution in [0.5, 0.6) is 0 Å². The second-order valence-electron chi connectivity index (χ2n) is 4.01. The molecule has 0 spiro atoms. The van der Waals surface area contributed by atoms with Crippen LogP contribution in [-0.2, 0) is 17.6 Å². The number of aryl methyl sites for hydroxylation is 1. The molecule has 75 valence electrons. The van der Waals surface area contributed by atoms with Gasteiger partial charge in [-0.25, -0.2) is 0 Å². The Morgan fingerprint density at radius 2 is 1.86 bits per heavy atom. The van der Waals surface area contributed by atoms with Crippen LogP contribution in [-0.4, -0.2) is 6.29 Å². The van der Waals surface area contributed by atoms with Crippen molar-refractivity contribution in [3.8, 4) is 0 Å². The molecule has 0 amide bonds. The highest BCUT2D eigenvalue weighted by Crippen LogP contribution is 2.14. The maximum atomic E-state index is 10.2. The Hall–Kier alpha value is -1.11. The summed E-state index contributed by atoms with van der Waals surface area (Å²) in [5, 5.41) is 0. The minimum absolute atomic E-state index is 0.509. The van der Waals surface area contributed by atoms with E-state index in [1.165, 1.54) is 11.1 Å². The van der Waals surface area contributed by atoms with Crippen molar-refractivity contribution in [1.29, 1.82) is 0 Å². The first-order chi connectivity index (χ1) is 6.74. The zero-order chi connectivity index (χ0) is 10.4. The molecule has 0 unspecified atom stereocenters. The van der Waals surface area contributed by atoms with Crippen LogP contribution in [0.25, 0.3) is 0 Å². The lowest BCUT2D eigenvalue weighted by molar-refractivity contribution is 0.551. The van der Waals surface area contributed by atoms with Gasteiger partial charge in [-0.05, 0) is 29.9 Å². The maximum absolute atomic E-state index is 10.2. The topological polar surface area (TPSA) is 17.1 Å². The minimum atomic E-state index is 0.509. The van der Waals surface area contributed by atoms with E-state index in [1.807, 2.05) is 12.4 Å². The highest BCUT2D eigenvalue weighted by atomic mass is 16.1. The van der Waals surface area contributed by atoms with Crippen molar-refractivity contribution in [3.63, 3.8) is 0 Å². The summed E-state index contributed by atoms with van der Waals surface area (Å²) in [6.45, 7) is 4.42. The van der Waals surface area contributed by atoms with Crippen LogP contribution in [0.15, 0.2) is 24.3 Å². The molecule has 0 saturated carbocycles. The quantitative estimate of drug-likeness (QED) is 0.696. The molecule has 0 aromatic heterocycles. The molecule has 1 aromatic carbocycles. The van der Waals surface area contributed by atoms with Crippen molar-refractivity contribution in [2.75, 3.05) is 0 Å². The molecule has 1 nitrogen and oxygen atoms in total. The van der Waals surface area contributed by atoms with Crippen LogP contribution < -0.4 is 0 Å². The molecule has 0 bridgehead atoms. The largest absolute Gasteiger partial charge is 0.291 e. The summed E-state index contributed by atoms with van der Waals surface area (Å²) < 4.78 is 0. The van der Waals surface area contributed by atoms with Crippen LogP contribution in [0.2, 0.25) is 0 Å². The van der Waals surface area contributed by atoms with Crippen LogP contribution in [0.3, 0.4) is 0 Å². The summed E-state index contributed by atoms with van der Waals surface area (Å²) in [6.07, 6.45) is 4.37. The highest BCUT2D eigenvalue weighted by Gasteiger charge is 2.03. The molecule has 0 aliphatic rings. The van der Waals surface area contributed by atoms with Gasteiger partial charge in [0.25, 0.3) is 0 Å². The van der Waals surface area contributed by atoms with Gasteiger partial charge in [-0.15, -0.1) is 0 Å². The van der Waals surface area contributed by atoms with Crippen molar-refractivity contribution in [1.82, 2.24) is 0 Å². The number of rotatable bonds is 5. The van der Waals surface area contributed by atoms with Crippen LogP contribution in [0.4, 0.5) is 0 Å². The Labute approximate surface area is 86.1 Å². The van der Waals surface area contributed by atoms with Crippen molar-refractivity contribution < 1.29 is 4.79 Å². The molecule has 0 aliphatic carbocycles. The van der Waals surface area contributed by atoms with Crippen LogP contribution in [0, 0.1) is 5.92 Å². The van der Waals surface area contributed by atoms with Crippen molar-refractivity contribution in [3.05, 3.63) is 35.4 Å². The maximum Gasteiger partial charge on any atom is 0.198 e. The molecule has 0 saturated heterocycles. The summed E-state index contributed by atoms with van der Waals surface area (Å²) in [4.78, 5) is 10.2. The number of benzene rings is 1. The van der Waals surface area contributed by atoms with E-state index in [1.54, 1.807) is 0 Å². The van der Waals surface area contributed by atoms with Gasteiger partial charge in [0.15, 0.2) is 6.29 Å². The monoisotopic (exact) mass is 189 g/mol. The molecule has 1 rings (SSSR count). The lowest BCUT2D eigenvalue weighted by Crippen LogP contribution is -1.99. The van der Waals surface area contributed by atoms with E-state index in [4.69, 9.17) is 0 Å². The average molecular weight is 189 g/mol. The Kier molecular flexibility index (Phi) is 4.37. The second-order valence-corrected chi connectivity index (χ2v) is 4.01. The third kappa shape index (κ3) is 3.33. The van der Waals surface area contributed by atoms with E-state index in [0.29, 0.717) is 12.3 Å².